The van der Waals surface area contributed by atoms with E-state index in [1.807, 2.05) is 0 Å². The smallest absolute Gasteiger partial charge is 0.244 e. The maximum atomic E-state index is 13.4. The summed E-state index contributed by atoms with van der Waals surface area (Å²) < 4.78 is 24.1. The van der Waals surface area contributed by atoms with Crippen molar-refractivity contribution in [3.05, 3.63) is 88.2 Å². The molecule has 1 amide bonds. The van der Waals surface area contributed by atoms with Crippen LogP contribution in [0.25, 0.3) is 10.9 Å². The molecule has 37 heavy (non-hydrogen) atoms. The predicted octanol–water partition coefficient (Wildman–Crippen LogP) is 3.41. The first kappa shape index (κ1) is 22.7. The van der Waals surface area contributed by atoms with Gasteiger partial charge in [0.2, 0.25) is 11.3 Å². The van der Waals surface area contributed by atoms with Gasteiger partial charge in [0.25, 0.3) is 0 Å². The molecule has 0 aliphatic carbocycles. The Labute approximate surface area is 211 Å². The van der Waals surface area contributed by atoms with E-state index >= 15 is 0 Å². The number of hydrogen-bond acceptors (Lipinski definition) is 7. The molecule has 6 rings (SSSR count). The quantitative estimate of drug-likeness (QED) is 0.421. The second-order valence-electron chi connectivity index (χ2n) is 8.61. The van der Waals surface area contributed by atoms with Crippen molar-refractivity contribution >= 4 is 28.3 Å². The Bertz CT molecular complexity index is 1590. The summed E-state index contributed by atoms with van der Waals surface area (Å²) in [5.41, 5.74) is 0.890. The minimum atomic E-state index is -0.440. The first-order valence-corrected chi connectivity index (χ1v) is 11.8. The fraction of sp³-hybridized carbons (Fsp3) is 0.179. The average molecular weight is 498 g/mol. The van der Waals surface area contributed by atoms with Gasteiger partial charge in [-0.15, -0.1) is 0 Å². The molecule has 0 bridgehead atoms. The van der Waals surface area contributed by atoms with Gasteiger partial charge in [-0.3, -0.25) is 14.4 Å². The van der Waals surface area contributed by atoms with Crippen LogP contribution in [-0.2, 0) is 11.3 Å². The Morgan fingerprint density at radius 1 is 0.784 bits per heavy atom. The molecule has 3 aromatic carbocycles. The number of carbonyl (C=O) groups is 2. The molecule has 3 heterocycles. The van der Waals surface area contributed by atoms with Gasteiger partial charge in [-0.2, -0.15) is 0 Å². The van der Waals surface area contributed by atoms with Gasteiger partial charge in [-0.1, -0.05) is 30.3 Å². The van der Waals surface area contributed by atoms with Crippen LogP contribution >= 0.6 is 0 Å². The van der Waals surface area contributed by atoms with E-state index in [9.17, 15) is 14.4 Å². The van der Waals surface area contributed by atoms with E-state index in [0.29, 0.717) is 66.2 Å². The molecule has 9 heteroatoms. The van der Waals surface area contributed by atoms with Crippen molar-refractivity contribution in [1.82, 2.24) is 4.57 Å². The average Bonchev–Trinajstić information content (AvgIpc) is 2.94. The van der Waals surface area contributed by atoms with Crippen LogP contribution in [0.15, 0.2) is 71.7 Å². The first-order chi connectivity index (χ1) is 18.1. The molecule has 1 aromatic heterocycles. The molecule has 2 aliphatic heterocycles. The van der Waals surface area contributed by atoms with Crippen molar-refractivity contribution in [2.24, 2.45) is 0 Å². The second-order valence-corrected chi connectivity index (χ2v) is 8.61. The second kappa shape index (κ2) is 9.34. The van der Waals surface area contributed by atoms with Crippen LogP contribution in [0.1, 0.15) is 15.9 Å². The summed E-state index contributed by atoms with van der Waals surface area (Å²) in [7, 11) is 0. The normalized spacial score (nSPS) is 13.7. The van der Waals surface area contributed by atoms with E-state index in [2.05, 4.69) is 5.32 Å². The summed E-state index contributed by atoms with van der Waals surface area (Å²) in [6.07, 6.45) is 1.43. The highest BCUT2D eigenvalue weighted by Gasteiger charge is 2.22. The van der Waals surface area contributed by atoms with Gasteiger partial charge in [0.05, 0.1) is 16.5 Å². The maximum absolute atomic E-state index is 13.4. The SMILES string of the molecule is O=C(Cn1cc(C(=O)c2ccccc2)c(=O)c2cc3c(cc21)OCCO3)Nc1ccc2c(c1)OCCO2. The molecule has 4 aromatic rings. The largest absolute Gasteiger partial charge is 0.486 e. The van der Waals surface area contributed by atoms with E-state index in [0.717, 1.165) is 0 Å². The van der Waals surface area contributed by atoms with E-state index in [4.69, 9.17) is 18.9 Å². The van der Waals surface area contributed by atoms with Gasteiger partial charge in [0, 0.05) is 29.6 Å². The van der Waals surface area contributed by atoms with Crippen LogP contribution < -0.4 is 29.7 Å². The lowest BCUT2D eigenvalue weighted by Gasteiger charge is -2.21. The molecular weight excluding hydrogens is 476 g/mol. The van der Waals surface area contributed by atoms with Gasteiger partial charge in [-0.25, -0.2) is 0 Å². The molecule has 0 unspecified atom stereocenters. The zero-order valence-electron chi connectivity index (χ0n) is 19.7. The number of nitrogens with zero attached hydrogens (tertiary/aromatic N) is 1. The summed E-state index contributed by atoms with van der Waals surface area (Å²) in [4.78, 5) is 39.8. The minimum Gasteiger partial charge on any atom is -0.486 e. The number of nitrogens with one attached hydrogen (secondary N) is 1. The number of fused-ring (bicyclic) bond motifs is 3. The van der Waals surface area contributed by atoms with Crippen LogP contribution in [0.2, 0.25) is 0 Å². The van der Waals surface area contributed by atoms with E-state index in [1.54, 1.807) is 65.2 Å². The molecule has 2 aliphatic rings. The zero-order chi connectivity index (χ0) is 25.4. The van der Waals surface area contributed by atoms with Crippen LogP contribution in [-0.4, -0.2) is 42.7 Å². The Kier molecular flexibility index (Phi) is 5.72. The molecule has 0 saturated carbocycles. The Morgan fingerprint density at radius 2 is 1.43 bits per heavy atom. The van der Waals surface area contributed by atoms with Crippen molar-refractivity contribution in [3.8, 4) is 23.0 Å². The standard InChI is InChI=1S/C28H22N2O7/c31-26(29-18-6-7-22-23(12-18)35-9-8-34-22)16-30-15-20(27(32)17-4-2-1-3-5-17)28(33)19-13-24-25(14-21(19)30)37-11-10-36-24/h1-7,12-15H,8-11,16H2,(H,29,31). The molecule has 0 spiro atoms. The summed E-state index contributed by atoms with van der Waals surface area (Å²) in [5.74, 6) is 1.29. The van der Waals surface area contributed by atoms with Gasteiger partial charge in [0.15, 0.2) is 28.8 Å². The number of pyridine rings is 1. The fourth-order valence-electron chi connectivity index (χ4n) is 4.44. The third-order valence-corrected chi connectivity index (χ3v) is 6.16. The highest BCUT2D eigenvalue weighted by atomic mass is 16.6. The van der Waals surface area contributed by atoms with Crippen LogP contribution in [0.4, 0.5) is 5.69 Å². The van der Waals surface area contributed by atoms with Crippen LogP contribution in [0.5, 0.6) is 23.0 Å². The molecule has 9 nitrogen and oxygen atoms in total. The van der Waals surface area contributed by atoms with E-state index in [1.165, 1.54) is 6.20 Å². The number of hydrogen-bond donors (Lipinski definition) is 1. The number of rotatable bonds is 5. The van der Waals surface area contributed by atoms with Crippen molar-refractivity contribution in [3.63, 3.8) is 0 Å². The molecule has 1 N–H and O–H groups in total. The van der Waals surface area contributed by atoms with Gasteiger partial charge in [-0.05, 0) is 18.2 Å². The predicted molar refractivity (Wildman–Crippen MR) is 135 cm³/mol. The number of carbonyl (C=O) groups excluding carboxylic acids is 2. The van der Waals surface area contributed by atoms with Crippen molar-refractivity contribution < 1.29 is 28.5 Å². The van der Waals surface area contributed by atoms with Crippen molar-refractivity contribution in [1.29, 1.82) is 0 Å². The minimum absolute atomic E-state index is 0.0393. The molecule has 0 saturated heterocycles. The highest BCUT2D eigenvalue weighted by molar-refractivity contribution is 6.10. The number of aromatic nitrogens is 1. The molecular formula is C28H22N2O7. The summed E-state index contributed by atoms with van der Waals surface area (Å²) in [6, 6.07) is 16.9. The van der Waals surface area contributed by atoms with Crippen LogP contribution in [0, 0.1) is 0 Å². The maximum Gasteiger partial charge on any atom is 0.244 e. The van der Waals surface area contributed by atoms with Crippen LogP contribution in [0.3, 0.4) is 0 Å². The number of anilines is 1. The Hall–Kier alpha value is -4.79. The number of ether oxygens (including phenoxy) is 4. The van der Waals surface area contributed by atoms with Crippen molar-refractivity contribution in [2.45, 2.75) is 6.54 Å². The molecule has 186 valence electrons. The fourth-order valence-corrected chi connectivity index (χ4v) is 4.44. The Morgan fingerprint density at radius 3 is 2.16 bits per heavy atom. The third kappa shape index (κ3) is 4.35. The lowest BCUT2D eigenvalue weighted by atomic mass is 10.0. The third-order valence-electron chi connectivity index (χ3n) is 6.16. The van der Waals surface area contributed by atoms with Gasteiger partial charge >= 0.3 is 0 Å². The highest BCUT2D eigenvalue weighted by Crippen LogP contribution is 2.34. The summed E-state index contributed by atoms with van der Waals surface area (Å²) in [5, 5.41) is 3.11. The molecule has 0 radical (unpaired) electrons. The van der Waals surface area contributed by atoms with E-state index < -0.39 is 11.2 Å². The number of ketones is 1. The number of amides is 1. The van der Waals surface area contributed by atoms with Gasteiger partial charge in [0.1, 0.15) is 33.0 Å². The van der Waals surface area contributed by atoms with Crippen molar-refractivity contribution in [2.75, 3.05) is 31.7 Å². The monoisotopic (exact) mass is 498 g/mol. The molecule has 0 fully saturated rings. The van der Waals surface area contributed by atoms with Gasteiger partial charge < -0.3 is 28.8 Å². The zero-order valence-corrected chi connectivity index (χ0v) is 19.7. The summed E-state index contributed by atoms with van der Waals surface area (Å²) in [6.45, 7) is 1.48. The lowest BCUT2D eigenvalue weighted by molar-refractivity contribution is -0.116. The lowest BCUT2D eigenvalue weighted by Crippen LogP contribution is -2.25. The summed E-state index contributed by atoms with van der Waals surface area (Å²) >= 11 is 0. The molecule has 0 atom stereocenters. The Balaban J connectivity index is 1.39. The number of benzene rings is 3. The first-order valence-electron chi connectivity index (χ1n) is 11.8. The van der Waals surface area contributed by atoms with E-state index in [-0.39, 0.29) is 23.4 Å². The topological polar surface area (TPSA) is 105 Å².